The van der Waals surface area contributed by atoms with Crippen LogP contribution in [0, 0.1) is 12.3 Å². The Hall–Kier alpha value is -2.54. The molecule has 0 aliphatic heterocycles. The minimum absolute atomic E-state index is 0.162. The van der Waals surface area contributed by atoms with E-state index in [-0.39, 0.29) is 11.9 Å². The van der Waals surface area contributed by atoms with Crippen molar-refractivity contribution in [1.29, 1.82) is 5.41 Å². The van der Waals surface area contributed by atoms with E-state index in [4.69, 9.17) is 14.9 Å². The number of nitrogens with one attached hydrogen (secondary N) is 1. The maximum Gasteiger partial charge on any atom is 0.320 e. The monoisotopic (exact) mass is 456 g/mol. The quantitative estimate of drug-likeness (QED) is 0.350. The highest BCUT2D eigenvalue weighted by Crippen LogP contribution is 2.30. The van der Waals surface area contributed by atoms with Crippen LogP contribution < -0.4 is 9.47 Å². The molecule has 0 amide bonds. The van der Waals surface area contributed by atoms with Crippen molar-refractivity contribution in [1.82, 2.24) is 15.0 Å². The molecule has 0 radical (unpaired) electrons. The zero-order chi connectivity index (χ0) is 24.3. The van der Waals surface area contributed by atoms with Gasteiger partial charge in [0.1, 0.15) is 11.2 Å². The summed E-state index contributed by atoms with van der Waals surface area (Å²) in [7, 11) is 0. The average molecular weight is 457 g/mol. The summed E-state index contributed by atoms with van der Waals surface area (Å²) in [5.41, 5.74) is 2.92. The summed E-state index contributed by atoms with van der Waals surface area (Å²) in [4.78, 5) is 13.4. The third-order valence-electron chi connectivity index (χ3n) is 4.39. The lowest BCUT2D eigenvalue weighted by Crippen LogP contribution is -2.26. The van der Waals surface area contributed by atoms with Gasteiger partial charge < -0.3 is 14.9 Å². The number of allylic oxidation sites excluding steroid dienone is 3. The van der Waals surface area contributed by atoms with Crippen molar-refractivity contribution in [2.75, 3.05) is 0 Å². The highest BCUT2D eigenvalue weighted by molar-refractivity contribution is 7.09. The van der Waals surface area contributed by atoms with Crippen LogP contribution >= 0.6 is 11.3 Å². The van der Waals surface area contributed by atoms with Crippen molar-refractivity contribution in [3.05, 3.63) is 46.1 Å². The van der Waals surface area contributed by atoms with Crippen LogP contribution in [0.1, 0.15) is 84.0 Å². The summed E-state index contributed by atoms with van der Waals surface area (Å²) < 4.78 is 11.9. The molecule has 6 nitrogen and oxygen atoms in total. The van der Waals surface area contributed by atoms with Gasteiger partial charge in [-0.25, -0.2) is 9.97 Å². The largest absolute Gasteiger partial charge is 0.471 e. The molecule has 0 saturated heterocycles. The van der Waals surface area contributed by atoms with Gasteiger partial charge in [-0.15, -0.1) is 11.3 Å². The minimum atomic E-state index is -0.437. The summed E-state index contributed by atoms with van der Waals surface area (Å²) in [6, 6.07) is 0.271. The lowest BCUT2D eigenvalue weighted by atomic mass is 9.96. The van der Waals surface area contributed by atoms with Crippen LogP contribution in [0.4, 0.5) is 0 Å². The molecule has 2 heterocycles. The van der Waals surface area contributed by atoms with Crippen molar-refractivity contribution in [2.45, 2.75) is 85.9 Å². The number of ether oxygens (including phenoxy) is 2. The molecule has 7 heteroatoms. The number of aryl methyl sites for hydroxylation is 1. The second-order valence-corrected chi connectivity index (χ2v) is 11.1. The zero-order valence-corrected chi connectivity index (χ0v) is 21.6. The van der Waals surface area contributed by atoms with E-state index >= 15 is 0 Å². The van der Waals surface area contributed by atoms with Gasteiger partial charge in [-0.1, -0.05) is 13.5 Å². The molecule has 0 aliphatic carbocycles. The Balaban J connectivity index is 2.25. The summed E-state index contributed by atoms with van der Waals surface area (Å²) >= 11 is 1.63. The van der Waals surface area contributed by atoms with E-state index in [2.05, 4.69) is 33.8 Å². The van der Waals surface area contributed by atoms with Crippen LogP contribution in [0.2, 0.25) is 0 Å². The van der Waals surface area contributed by atoms with E-state index in [0.29, 0.717) is 23.6 Å². The van der Waals surface area contributed by atoms with Crippen molar-refractivity contribution in [2.24, 2.45) is 0 Å². The number of thiazole rings is 1. The molecule has 1 unspecified atom stereocenters. The van der Waals surface area contributed by atoms with E-state index < -0.39 is 11.2 Å². The second-order valence-electron chi connectivity index (χ2n) is 10.0. The number of nitrogens with zero attached hydrogens (tertiary/aromatic N) is 3. The van der Waals surface area contributed by atoms with Crippen LogP contribution in [-0.4, -0.2) is 31.9 Å². The second kappa shape index (κ2) is 9.94. The smallest absolute Gasteiger partial charge is 0.320 e. The van der Waals surface area contributed by atoms with Crippen LogP contribution in [-0.2, 0) is 0 Å². The Morgan fingerprint density at radius 1 is 1.16 bits per heavy atom. The Labute approximate surface area is 196 Å². The molecule has 1 atom stereocenters. The first-order valence-corrected chi connectivity index (χ1v) is 11.6. The Kier molecular flexibility index (Phi) is 7.99. The molecular weight excluding hydrogens is 420 g/mol. The van der Waals surface area contributed by atoms with Crippen LogP contribution in [0.5, 0.6) is 11.9 Å². The first-order chi connectivity index (χ1) is 14.6. The van der Waals surface area contributed by atoms with Gasteiger partial charge in [-0.2, -0.15) is 4.98 Å². The van der Waals surface area contributed by atoms with Gasteiger partial charge in [0.2, 0.25) is 5.88 Å². The molecule has 32 heavy (non-hydrogen) atoms. The topological polar surface area (TPSA) is 81.0 Å². The summed E-state index contributed by atoms with van der Waals surface area (Å²) in [5.74, 6) is 0.612. The number of hydrogen-bond acceptors (Lipinski definition) is 7. The van der Waals surface area contributed by atoms with Crippen molar-refractivity contribution >= 4 is 22.6 Å². The highest BCUT2D eigenvalue weighted by Gasteiger charge is 2.21. The molecule has 2 aromatic rings. The number of hydrogen-bond donors (Lipinski definition) is 1. The molecule has 0 spiro atoms. The predicted octanol–water partition coefficient (Wildman–Crippen LogP) is 6.77. The van der Waals surface area contributed by atoms with E-state index in [1.54, 1.807) is 17.5 Å². The average Bonchev–Trinajstić information content (AvgIpc) is 3.05. The van der Waals surface area contributed by atoms with Crippen LogP contribution in [0.3, 0.4) is 0 Å². The van der Waals surface area contributed by atoms with Gasteiger partial charge in [0.05, 0.1) is 16.3 Å². The van der Waals surface area contributed by atoms with Gasteiger partial charge in [0.15, 0.2) is 0 Å². The summed E-state index contributed by atoms with van der Waals surface area (Å²) in [6.07, 6.45) is 4.17. The molecule has 0 saturated carbocycles. The number of rotatable bonds is 8. The molecule has 0 bridgehead atoms. The van der Waals surface area contributed by atoms with E-state index in [0.717, 1.165) is 21.8 Å². The van der Waals surface area contributed by atoms with Crippen LogP contribution in [0.25, 0.3) is 5.57 Å². The van der Waals surface area contributed by atoms with Crippen molar-refractivity contribution < 1.29 is 9.47 Å². The third kappa shape index (κ3) is 7.86. The molecular formula is C25H36N4O2S. The Morgan fingerprint density at radius 2 is 1.78 bits per heavy atom. The molecule has 2 rings (SSSR count). The first kappa shape index (κ1) is 25.7. The zero-order valence-electron chi connectivity index (χ0n) is 20.8. The molecule has 0 fully saturated rings. The fraction of sp³-hybridized carbons (Fsp3) is 0.520. The lowest BCUT2D eigenvalue weighted by Gasteiger charge is -2.24. The third-order valence-corrected chi connectivity index (χ3v) is 5.18. The van der Waals surface area contributed by atoms with E-state index in [1.807, 2.05) is 61.5 Å². The lowest BCUT2D eigenvalue weighted by molar-refractivity contribution is 0.103. The first-order valence-electron chi connectivity index (χ1n) is 10.8. The Morgan fingerprint density at radius 3 is 2.31 bits per heavy atom. The highest BCUT2D eigenvalue weighted by atomic mass is 32.1. The van der Waals surface area contributed by atoms with Crippen molar-refractivity contribution in [3.63, 3.8) is 0 Å². The fourth-order valence-electron chi connectivity index (χ4n) is 2.89. The van der Waals surface area contributed by atoms with E-state index in [1.165, 1.54) is 0 Å². The van der Waals surface area contributed by atoms with Gasteiger partial charge >= 0.3 is 6.01 Å². The molecule has 0 aromatic carbocycles. The van der Waals surface area contributed by atoms with Crippen molar-refractivity contribution in [3.8, 4) is 11.9 Å². The molecule has 2 aromatic heterocycles. The van der Waals surface area contributed by atoms with Gasteiger partial charge in [0.25, 0.3) is 0 Å². The SMILES string of the molecule is C=C(/C=C(\C)c1cnc(OC(C)(C)C)nc1OC(C)(C)C)C(=N)CC(C)c1csc(C)n1. The number of aromatic nitrogens is 3. The predicted molar refractivity (Wildman–Crippen MR) is 133 cm³/mol. The maximum atomic E-state index is 8.52. The molecule has 0 aliphatic rings. The summed E-state index contributed by atoms with van der Waals surface area (Å²) in [5, 5.41) is 11.6. The summed E-state index contributed by atoms with van der Waals surface area (Å²) in [6.45, 7) is 21.9. The van der Waals surface area contributed by atoms with Gasteiger partial charge in [-0.05, 0) is 79.0 Å². The van der Waals surface area contributed by atoms with Gasteiger partial charge in [-0.3, -0.25) is 0 Å². The molecule has 1 N–H and O–H groups in total. The Bertz CT molecular complexity index is 1010. The normalized spacial score (nSPS) is 13.6. The minimum Gasteiger partial charge on any atom is -0.471 e. The fourth-order valence-corrected chi connectivity index (χ4v) is 3.62. The maximum absolute atomic E-state index is 8.52. The van der Waals surface area contributed by atoms with Gasteiger partial charge in [0, 0.05) is 23.2 Å². The van der Waals surface area contributed by atoms with Crippen LogP contribution in [0.15, 0.2) is 29.8 Å². The molecule has 174 valence electrons. The van der Waals surface area contributed by atoms with E-state index in [9.17, 15) is 0 Å². The standard InChI is InChI=1S/C25H36N4O2S/c1-15(11-16(2)20(26)12-17(3)21-14-32-18(4)28-21)19-13-27-23(31-25(8,9)10)29-22(19)30-24(5,6)7/h11,13-14,17,26H,2,12H2,1,3-10H3/b15-11+,26-20?.